The van der Waals surface area contributed by atoms with Gasteiger partial charge >= 0.3 is 0 Å². The van der Waals surface area contributed by atoms with Crippen LogP contribution >= 0.6 is 35.7 Å². The Balaban J connectivity index is 0.00000392. The highest BCUT2D eigenvalue weighted by atomic mass is 127. The summed E-state index contributed by atoms with van der Waals surface area (Å²) >= 11 is 1.87. The smallest absolute Gasteiger partial charge is 0.191 e. The van der Waals surface area contributed by atoms with E-state index in [1.54, 1.807) is 0 Å². The van der Waals surface area contributed by atoms with Crippen LogP contribution in [0.15, 0.2) is 35.3 Å². The molecule has 1 atom stereocenters. The van der Waals surface area contributed by atoms with Crippen LogP contribution in [0, 0.1) is 6.92 Å². The molecule has 0 aliphatic rings. The van der Waals surface area contributed by atoms with Gasteiger partial charge in [-0.05, 0) is 50.7 Å². The number of hydrogen-bond donors (Lipinski definition) is 2. The molecule has 0 aliphatic heterocycles. The maximum Gasteiger partial charge on any atom is 0.191 e. The molecule has 28 heavy (non-hydrogen) atoms. The summed E-state index contributed by atoms with van der Waals surface area (Å²) in [6, 6.07) is 10.9. The summed E-state index contributed by atoms with van der Waals surface area (Å²) in [5.74, 6) is 3.76. The topological polar surface area (TPSA) is 67.1 Å². The van der Waals surface area contributed by atoms with Gasteiger partial charge in [0.05, 0.1) is 0 Å². The third-order valence-corrected chi connectivity index (χ3v) is 5.17. The number of rotatable bonds is 10. The average Bonchev–Trinajstić information content (AvgIpc) is 3.00. The van der Waals surface area contributed by atoms with Crippen LogP contribution in [0.1, 0.15) is 37.0 Å². The van der Waals surface area contributed by atoms with Gasteiger partial charge in [0.1, 0.15) is 12.4 Å². The lowest BCUT2D eigenvalue weighted by atomic mass is 10.1. The fourth-order valence-electron chi connectivity index (χ4n) is 2.65. The molecule has 1 aromatic carbocycles. The van der Waals surface area contributed by atoms with Crippen LogP contribution < -0.4 is 10.6 Å². The van der Waals surface area contributed by atoms with Crippen molar-refractivity contribution in [2.24, 2.45) is 12.0 Å². The lowest BCUT2D eigenvalue weighted by molar-refractivity contribution is 0.590. The molecule has 0 fully saturated rings. The predicted molar refractivity (Wildman–Crippen MR) is 131 cm³/mol. The highest BCUT2D eigenvalue weighted by Crippen LogP contribution is 2.05. The molecule has 1 aromatic heterocycles. The average molecular weight is 516 g/mol. The summed E-state index contributed by atoms with van der Waals surface area (Å²) in [4.78, 5) is 4.73. The predicted octanol–water partition coefficient (Wildman–Crippen LogP) is 3.55. The molecule has 0 bridgehead atoms. The second kappa shape index (κ2) is 13.8. The Morgan fingerprint density at radius 2 is 2.00 bits per heavy atom. The Labute approximate surface area is 190 Å². The van der Waals surface area contributed by atoms with E-state index >= 15 is 0 Å². The fourth-order valence-corrected chi connectivity index (χ4v) is 3.08. The molecule has 1 heterocycles. The molecule has 0 aliphatic carbocycles. The number of guanidine groups is 1. The van der Waals surface area contributed by atoms with Crippen molar-refractivity contribution in [2.75, 3.05) is 18.6 Å². The second-order valence-corrected chi connectivity index (χ2v) is 7.72. The molecule has 6 nitrogen and oxygen atoms in total. The van der Waals surface area contributed by atoms with Gasteiger partial charge in [-0.2, -0.15) is 11.8 Å². The van der Waals surface area contributed by atoms with Gasteiger partial charge < -0.3 is 15.2 Å². The van der Waals surface area contributed by atoms with Gasteiger partial charge in [0, 0.05) is 19.6 Å². The first-order valence-corrected chi connectivity index (χ1v) is 10.9. The minimum atomic E-state index is 0. The zero-order chi connectivity index (χ0) is 19.5. The second-order valence-electron chi connectivity index (χ2n) is 6.73. The number of aliphatic imine (C=N–C) groups is 1. The van der Waals surface area contributed by atoms with Gasteiger partial charge in [-0.3, -0.25) is 0 Å². The number of thioether (sulfide) groups is 1. The summed E-state index contributed by atoms with van der Waals surface area (Å²) in [5.41, 5.74) is 1.37. The molecular weight excluding hydrogens is 483 g/mol. The van der Waals surface area contributed by atoms with Crippen molar-refractivity contribution in [3.8, 4) is 0 Å². The highest BCUT2D eigenvalue weighted by molar-refractivity contribution is 14.0. The third kappa shape index (κ3) is 8.81. The van der Waals surface area contributed by atoms with Crippen molar-refractivity contribution < 1.29 is 0 Å². The van der Waals surface area contributed by atoms with Crippen LogP contribution in [0.5, 0.6) is 0 Å². The molecule has 2 rings (SSSR count). The van der Waals surface area contributed by atoms with Crippen LogP contribution in [0.25, 0.3) is 0 Å². The fraction of sp³-hybridized carbons (Fsp3) is 0.550. The molecule has 1 unspecified atom stereocenters. The highest BCUT2D eigenvalue weighted by Gasteiger charge is 2.08. The first-order chi connectivity index (χ1) is 13.1. The molecule has 0 spiro atoms. The Hall–Kier alpha value is -1.29. The van der Waals surface area contributed by atoms with Crippen molar-refractivity contribution in [1.82, 2.24) is 25.4 Å². The lowest BCUT2D eigenvalue weighted by Gasteiger charge is -2.18. The first-order valence-electron chi connectivity index (χ1n) is 9.52. The van der Waals surface area contributed by atoms with Crippen molar-refractivity contribution in [3.63, 3.8) is 0 Å². The SMILES string of the molecule is CSCCCNC(=NCc1nnc(C)n1C)NC(C)CCc1ccccc1.I. The summed E-state index contributed by atoms with van der Waals surface area (Å²) in [6.07, 6.45) is 5.36. The minimum Gasteiger partial charge on any atom is -0.356 e. The zero-order valence-electron chi connectivity index (χ0n) is 17.3. The molecule has 2 aromatic rings. The molecular formula is C20H33IN6S. The molecule has 0 amide bonds. The first kappa shape index (κ1) is 24.7. The number of nitrogens with zero attached hydrogens (tertiary/aromatic N) is 4. The minimum absolute atomic E-state index is 0. The van der Waals surface area contributed by atoms with E-state index in [9.17, 15) is 0 Å². The van der Waals surface area contributed by atoms with Crippen LogP contribution in [0.2, 0.25) is 0 Å². The molecule has 0 saturated carbocycles. The van der Waals surface area contributed by atoms with Crippen LogP contribution in [-0.2, 0) is 20.0 Å². The summed E-state index contributed by atoms with van der Waals surface area (Å²) in [7, 11) is 1.97. The number of aromatic nitrogens is 3. The van der Waals surface area contributed by atoms with Gasteiger partial charge in [-0.25, -0.2) is 4.99 Å². The van der Waals surface area contributed by atoms with Crippen molar-refractivity contribution in [3.05, 3.63) is 47.5 Å². The van der Waals surface area contributed by atoms with Gasteiger partial charge in [-0.1, -0.05) is 30.3 Å². The van der Waals surface area contributed by atoms with Gasteiger partial charge in [0.25, 0.3) is 0 Å². The third-order valence-electron chi connectivity index (χ3n) is 4.47. The Bertz CT molecular complexity index is 704. The molecule has 2 N–H and O–H groups in total. The largest absolute Gasteiger partial charge is 0.356 e. The van der Waals surface area contributed by atoms with E-state index in [0.717, 1.165) is 49.2 Å². The van der Waals surface area contributed by atoms with E-state index in [-0.39, 0.29) is 24.0 Å². The van der Waals surface area contributed by atoms with Crippen LogP contribution in [0.3, 0.4) is 0 Å². The van der Waals surface area contributed by atoms with Gasteiger partial charge in [0.2, 0.25) is 0 Å². The maximum atomic E-state index is 4.73. The Morgan fingerprint density at radius 1 is 1.25 bits per heavy atom. The lowest BCUT2D eigenvalue weighted by Crippen LogP contribution is -2.43. The van der Waals surface area contributed by atoms with E-state index in [1.807, 2.05) is 30.3 Å². The number of hydrogen-bond acceptors (Lipinski definition) is 4. The summed E-state index contributed by atoms with van der Waals surface area (Å²) < 4.78 is 1.98. The van der Waals surface area contributed by atoms with Crippen molar-refractivity contribution >= 4 is 41.7 Å². The summed E-state index contributed by atoms with van der Waals surface area (Å²) in [5, 5.41) is 15.3. The molecule has 0 saturated heterocycles. The monoisotopic (exact) mass is 516 g/mol. The normalized spacial score (nSPS) is 12.4. The number of benzene rings is 1. The number of halogens is 1. The van der Waals surface area contributed by atoms with E-state index in [2.05, 4.69) is 64.3 Å². The van der Waals surface area contributed by atoms with Gasteiger partial charge in [-0.15, -0.1) is 34.2 Å². The van der Waals surface area contributed by atoms with E-state index in [0.29, 0.717) is 12.6 Å². The van der Waals surface area contributed by atoms with Crippen molar-refractivity contribution in [2.45, 2.75) is 45.7 Å². The summed E-state index contributed by atoms with van der Waals surface area (Å²) in [6.45, 7) is 5.58. The Kier molecular flexibility index (Phi) is 12.2. The Morgan fingerprint density at radius 3 is 2.64 bits per heavy atom. The maximum absolute atomic E-state index is 4.73. The number of nitrogens with one attached hydrogen (secondary N) is 2. The van der Waals surface area contributed by atoms with Crippen LogP contribution in [-0.4, -0.2) is 45.3 Å². The van der Waals surface area contributed by atoms with Crippen molar-refractivity contribution in [1.29, 1.82) is 0 Å². The van der Waals surface area contributed by atoms with E-state index < -0.39 is 0 Å². The van der Waals surface area contributed by atoms with E-state index in [1.165, 1.54) is 5.56 Å². The quantitative estimate of drug-likeness (QED) is 0.219. The zero-order valence-corrected chi connectivity index (χ0v) is 20.5. The molecule has 8 heteroatoms. The van der Waals surface area contributed by atoms with Gasteiger partial charge in [0.15, 0.2) is 11.8 Å². The van der Waals surface area contributed by atoms with Crippen LogP contribution in [0.4, 0.5) is 0 Å². The van der Waals surface area contributed by atoms with E-state index in [4.69, 9.17) is 4.99 Å². The molecule has 156 valence electrons. The standard InChI is InChI=1S/C20H32N6S.HI/c1-16(11-12-18-9-6-5-7-10-18)23-20(21-13-8-14-27-4)22-15-19-25-24-17(2)26(19)3;/h5-7,9-10,16H,8,11-15H2,1-4H3,(H2,21,22,23);1H. The molecule has 0 radical (unpaired) electrons. The number of aryl methyl sites for hydroxylation is 2.